The molecule has 0 aliphatic carbocycles. The summed E-state index contributed by atoms with van der Waals surface area (Å²) in [6.07, 6.45) is -0.0590. The van der Waals surface area contributed by atoms with Crippen molar-refractivity contribution in [2.24, 2.45) is 0 Å². The van der Waals surface area contributed by atoms with Gasteiger partial charge in [0.1, 0.15) is 18.5 Å². The van der Waals surface area contributed by atoms with Gasteiger partial charge in [0.25, 0.3) is 5.22 Å². The van der Waals surface area contributed by atoms with Crippen LogP contribution in [0.1, 0.15) is 0 Å². The first kappa shape index (κ1) is 15.8. The Morgan fingerprint density at radius 2 is 1.88 bits per heavy atom. The van der Waals surface area contributed by atoms with E-state index in [2.05, 4.69) is 10.2 Å². The molecule has 0 fully saturated rings. The Bertz CT molecular complexity index is 850. The second-order valence-corrected chi connectivity index (χ2v) is 6.38. The van der Waals surface area contributed by atoms with Gasteiger partial charge in [0.15, 0.2) is 11.5 Å². The van der Waals surface area contributed by atoms with Crippen LogP contribution in [-0.2, 0) is 0 Å². The van der Waals surface area contributed by atoms with Crippen LogP contribution < -0.4 is 14.2 Å². The molecule has 7 heteroatoms. The van der Waals surface area contributed by atoms with Crippen LogP contribution in [0.25, 0.3) is 11.5 Å². The number of hydrogen-bond acceptors (Lipinski definition) is 7. The summed E-state index contributed by atoms with van der Waals surface area (Å²) in [5.74, 6) is 3.48. The lowest BCUT2D eigenvalue weighted by Crippen LogP contribution is -2.31. The van der Waals surface area contributed by atoms with Crippen molar-refractivity contribution in [1.29, 1.82) is 0 Å². The average Bonchev–Trinajstić information content (AvgIpc) is 3.15. The van der Waals surface area contributed by atoms with Crippen LogP contribution >= 0.6 is 11.8 Å². The van der Waals surface area contributed by atoms with Gasteiger partial charge in [-0.1, -0.05) is 23.9 Å². The minimum Gasteiger partial charge on any atom is -0.497 e. The third-order valence-corrected chi connectivity index (χ3v) is 4.65. The molecule has 1 aliphatic heterocycles. The molecule has 4 rings (SSSR count). The average molecular weight is 356 g/mol. The number of hydrogen-bond donors (Lipinski definition) is 0. The number of aromatic nitrogens is 2. The Hall–Kier alpha value is -2.67. The van der Waals surface area contributed by atoms with E-state index in [0.717, 1.165) is 22.8 Å². The molecule has 0 saturated carbocycles. The number of nitrogens with zero attached hydrogens (tertiary/aromatic N) is 2. The van der Waals surface area contributed by atoms with E-state index in [4.69, 9.17) is 18.6 Å². The van der Waals surface area contributed by atoms with E-state index >= 15 is 0 Å². The van der Waals surface area contributed by atoms with Gasteiger partial charge in [-0.2, -0.15) is 0 Å². The molecule has 1 aromatic heterocycles. The van der Waals surface area contributed by atoms with Gasteiger partial charge in [0, 0.05) is 11.3 Å². The smallest absolute Gasteiger partial charge is 0.276 e. The SMILES string of the molecule is COc1ccc(-c2nnc(SC[C@@H]3COc4ccccc4O3)o2)cc1. The van der Waals surface area contributed by atoms with Crippen molar-refractivity contribution >= 4 is 11.8 Å². The molecule has 2 heterocycles. The molecule has 2 aromatic carbocycles. The Morgan fingerprint density at radius 1 is 1.08 bits per heavy atom. The normalized spacial score (nSPS) is 15.8. The molecule has 6 nitrogen and oxygen atoms in total. The summed E-state index contributed by atoms with van der Waals surface area (Å²) in [6.45, 7) is 0.503. The first-order valence-corrected chi connectivity index (χ1v) is 8.79. The molecule has 1 aliphatic rings. The molecule has 0 saturated heterocycles. The second kappa shape index (κ2) is 7.06. The van der Waals surface area contributed by atoms with Crippen molar-refractivity contribution in [3.63, 3.8) is 0 Å². The summed E-state index contributed by atoms with van der Waals surface area (Å²) < 4.78 is 22.5. The molecule has 1 atom stereocenters. The zero-order valence-electron chi connectivity index (χ0n) is 13.5. The highest BCUT2D eigenvalue weighted by atomic mass is 32.2. The Balaban J connectivity index is 1.37. The van der Waals surface area contributed by atoms with Crippen molar-refractivity contribution in [2.75, 3.05) is 19.5 Å². The molecule has 3 aromatic rings. The molecule has 0 bridgehead atoms. The first-order valence-electron chi connectivity index (χ1n) is 7.81. The van der Waals surface area contributed by atoms with Crippen LogP contribution in [0.2, 0.25) is 0 Å². The van der Waals surface area contributed by atoms with Gasteiger partial charge >= 0.3 is 0 Å². The van der Waals surface area contributed by atoms with E-state index in [1.165, 1.54) is 11.8 Å². The predicted molar refractivity (Wildman–Crippen MR) is 93.4 cm³/mol. The van der Waals surface area contributed by atoms with E-state index in [0.29, 0.717) is 23.5 Å². The maximum absolute atomic E-state index is 5.92. The lowest BCUT2D eigenvalue weighted by atomic mass is 10.2. The molecule has 0 unspecified atom stereocenters. The van der Waals surface area contributed by atoms with Gasteiger partial charge in [-0.25, -0.2) is 0 Å². The molecule has 0 spiro atoms. The minimum absolute atomic E-state index is 0.0590. The number of rotatable bonds is 5. The zero-order chi connectivity index (χ0) is 17.1. The summed E-state index contributed by atoms with van der Waals surface area (Å²) in [7, 11) is 1.63. The largest absolute Gasteiger partial charge is 0.497 e. The van der Waals surface area contributed by atoms with Gasteiger partial charge in [-0.15, -0.1) is 10.2 Å². The highest BCUT2D eigenvalue weighted by Crippen LogP contribution is 2.32. The number of ether oxygens (including phenoxy) is 3. The molecular formula is C18H16N2O4S. The maximum Gasteiger partial charge on any atom is 0.276 e. The van der Waals surface area contributed by atoms with E-state index in [-0.39, 0.29) is 6.10 Å². The second-order valence-electron chi connectivity index (χ2n) is 5.41. The Labute approximate surface area is 149 Å². The molecule has 0 radical (unpaired) electrons. The van der Waals surface area contributed by atoms with Crippen molar-refractivity contribution in [3.05, 3.63) is 48.5 Å². The van der Waals surface area contributed by atoms with Gasteiger partial charge in [-0.05, 0) is 36.4 Å². The van der Waals surface area contributed by atoms with Crippen molar-refractivity contribution < 1.29 is 18.6 Å². The third kappa shape index (κ3) is 3.56. The van der Waals surface area contributed by atoms with Gasteiger partial charge in [-0.3, -0.25) is 0 Å². The summed E-state index contributed by atoms with van der Waals surface area (Å²) in [5, 5.41) is 8.68. The molecule has 25 heavy (non-hydrogen) atoms. The Kier molecular flexibility index (Phi) is 4.47. The highest BCUT2D eigenvalue weighted by Gasteiger charge is 2.22. The third-order valence-electron chi connectivity index (χ3n) is 3.70. The lowest BCUT2D eigenvalue weighted by Gasteiger charge is -2.25. The van der Waals surface area contributed by atoms with Crippen LogP contribution in [-0.4, -0.2) is 35.8 Å². The summed E-state index contributed by atoms with van der Waals surface area (Å²) in [5.41, 5.74) is 0.853. The fraction of sp³-hybridized carbons (Fsp3) is 0.222. The topological polar surface area (TPSA) is 66.6 Å². The Morgan fingerprint density at radius 3 is 2.68 bits per heavy atom. The maximum atomic E-state index is 5.92. The van der Waals surface area contributed by atoms with Crippen LogP contribution in [0.3, 0.4) is 0 Å². The van der Waals surface area contributed by atoms with E-state index in [9.17, 15) is 0 Å². The number of benzene rings is 2. The lowest BCUT2D eigenvalue weighted by molar-refractivity contribution is 0.107. The van der Waals surface area contributed by atoms with E-state index in [1.807, 2.05) is 48.5 Å². The zero-order valence-corrected chi connectivity index (χ0v) is 14.4. The molecule has 0 amide bonds. The first-order chi connectivity index (χ1) is 12.3. The van der Waals surface area contributed by atoms with Gasteiger partial charge < -0.3 is 18.6 Å². The fourth-order valence-corrected chi connectivity index (χ4v) is 3.16. The number of para-hydroxylation sites is 2. The van der Waals surface area contributed by atoms with Crippen molar-refractivity contribution in [3.8, 4) is 28.7 Å². The fourth-order valence-electron chi connectivity index (χ4n) is 2.43. The standard InChI is InChI=1S/C18H16N2O4S/c1-21-13-8-6-12(7-9-13)17-19-20-18(24-17)25-11-14-10-22-15-4-2-3-5-16(15)23-14/h2-9,14H,10-11H2,1H3/t14-/m0/s1. The number of thioether (sulfide) groups is 1. The van der Waals surface area contributed by atoms with Crippen molar-refractivity contribution in [2.45, 2.75) is 11.3 Å². The quantitative estimate of drug-likeness (QED) is 0.646. The summed E-state index contributed by atoms with van der Waals surface area (Å²) in [4.78, 5) is 0. The van der Waals surface area contributed by atoms with Crippen molar-refractivity contribution in [1.82, 2.24) is 10.2 Å². The summed E-state index contributed by atoms with van der Waals surface area (Å²) in [6, 6.07) is 15.1. The predicted octanol–water partition coefficient (Wildman–Crippen LogP) is 3.68. The van der Waals surface area contributed by atoms with Crippen LogP contribution in [0.5, 0.6) is 17.2 Å². The number of methoxy groups -OCH3 is 1. The number of fused-ring (bicyclic) bond motifs is 1. The molecule has 0 N–H and O–H groups in total. The van der Waals surface area contributed by atoms with Crippen LogP contribution in [0.15, 0.2) is 58.2 Å². The molecule has 128 valence electrons. The minimum atomic E-state index is -0.0590. The monoisotopic (exact) mass is 356 g/mol. The van der Waals surface area contributed by atoms with E-state index in [1.54, 1.807) is 7.11 Å². The highest BCUT2D eigenvalue weighted by molar-refractivity contribution is 7.99. The van der Waals surface area contributed by atoms with Crippen LogP contribution in [0, 0.1) is 0 Å². The van der Waals surface area contributed by atoms with Gasteiger partial charge in [0.05, 0.1) is 7.11 Å². The van der Waals surface area contributed by atoms with Gasteiger partial charge in [0.2, 0.25) is 5.89 Å². The summed E-state index contributed by atoms with van der Waals surface area (Å²) >= 11 is 1.45. The molecular weight excluding hydrogens is 340 g/mol. The van der Waals surface area contributed by atoms with Crippen LogP contribution in [0.4, 0.5) is 0 Å². The van der Waals surface area contributed by atoms with E-state index < -0.39 is 0 Å².